The molecule has 1 N–H and O–H groups in total. The Morgan fingerprint density at radius 2 is 2.20 bits per heavy atom. The zero-order valence-corrected chi connectivity index (χ0v) is 12.8. The Kier molecular flexibility index (Phi) is 4.73. The first-order chi connectivity index (χ1) is 9.66. The van der Waals surface area contributed by atoms with Crippen molar-refractivity contribution in [2.75, 3.05) is 17.3 Å². The molecule has 1 fully saturated rings. The number of thiocarbonyl (C=S) groups is 1. The molecule has 5 nitrogen and oxygen atoms in total. The third-order valence-electron chi connectivity index (χ3n) is 3.69. The second kappa shape index (κ2) is 6.33. The maximum absolute atomic E-state index is 9.68. The number of halogens is 1. The summed E-state index contributed by atoms with van der Waals surface area (Å²) in [5.74, 6) is 0.561. The van der Waals surface area contributed by atoms with Crippen molar-refractivity contribution in [3.8, 4) is 6.07 Å². The Morgan fingerprint density at radius 1 is 1.50 bits per heavy atom. The Hall–Kier alpha value is -1.45. The van der Waals surface area contributed by atoms with Crippen molar-refractivity contribution in [1.82, 2.24) is 9.97 Å². The van der Waals surface area contributed by atoms with Crippen molar-refractivity contribution in [2.24, 2.45) is 0 Å². The highest BCUT2D eigenvalue weighted by Crippen LogP contribution is 2.37. The molecule has 1 heterocycles. The van der Waals surface area contributed by atoms with E-state index in [2.05, 4.69) is 21.4 Å². The Labute approximate surface area is 129 Å². The molecule has 0 saturated heterocycles. The van der Waals surface area contributed by atoms with E-state index >= 15 is 0 Å². The van der Waals surface area contributed by atoms with Crippen LogP contribution in [0.3, 0.4) is 0 Å². The van der Waals surface area contributed by atoms with E-state index in [1.54, 1.807) is 18.1 Å². The minimum atomic E-state index is -0.636. The predicted octanol–water partition coefficient (Wildman–Crippen LogP) is 3.16. The summed E-state index contributed by atoms with van der Waals surface area (Å²) in [5.41, 5.74) is 1.56. The van der Waals surface area contributed by atoms with Crippen molar-refractivity contribution in [1.29, 1.82) is 5.26 Å². The highest BCUT2D eigenvalue weighted by Gasteiger charge is 2.39. The molecule has 7 heteroatoms. The van der Waals surface area contributed by atoms with E-state index in [1.165, 1.54) is 5.49 Å². The van der Waals surface area contributed by atoms with Crippen LogP contribution in [0.5, 0.6) is 0 Å². The van der Waals surface area contributed by atoms with Crippen molar-refractivity contribution in [2.45, 2.75) is 37.6 Å². The first-order valence-electron chi connectivity index (χ1n) is 6.53. The molecule has 1 aromatic heterocycles. The second-order valence-corrected chi connectivity index (χ2v) is 5.35. The largest absolute Gasteiger partial charge is 0.384 e. The summed E-state index contributed by atoms with van der Waals surface area (Å²) >= 11 is 11.0. The van der Waals surface area contributed by atoms with Crippen LogP contribution >= 0.6 is 23.8 Å². The van der Waals surface area contributed by atoms with Gasteiger partial charge in [-0.1, -0.05) is 31.5 Å². The fraction of sp³-hybridized carbons (Fsp3) is 0.538. The van der Waals surface area contributed by atoms with E-state index in [1.807, 2.05) is 0 Å². The molecule has 1 aliphatic carbocycles. The number of nitriles is 1. The molecule has 20 heavy (non-hydrogen) atoms. The van der Waals surface area contributed by atoms with Gasteiger partial charge in [-0.05, 0) is 24.4 Å². The monoisotopic (exact) mass is 309 g/mol. The van der Waals surface area contributed by atoms with E-state index in [4.69, 9.17) is 23.8 Å². The Morgan fingerprint density at radius 3 is 2.75 bits per heavy atom. The molecular weight excluding hydrogens is 294 g/mol. The molecule has 2 rings (SSSR count). The number of nitrogens with zero attached hydrogens (tertiary/aromatic N) is 4. The molecule has 0 bridgehead atoms. The van der Waals surface area contributed by atoms with E-state index in [0.717, 1.165) is 32.1 Å². The zero-order chi connectivity index (χ0) is 14.6. The van der Waals surface area contributed by atoms with E-state index in [0.29, 0.717) is 11.5 Å². The summed E-state index contributed by atoms with van der Waals surface area (Å²) in [6.45, 7) is 0. The lowest BCUT2D eigenvalue weighted by atomic mass is 9.81. The number of hydrogen-bond donors (Lipinski definition) is 1. The van der Waals surface area contributed by atoms with Crippen LogP contribution in [-0.2, 0) is 0 Å². The van der Waals surface area contributed by atoms with Crippen LogP contribution in [0.4, 0.5) is 11.5 Å². The lowest BCUT2D eigenvalue weighted by Gasteiger charge is -2.39. The Bertz CT molecular complexity index is 536. The zero-order valence-electron chi connectivity index (χ0n) is 11.3. The van der Waals surface area contributed by atoms with Gasteiger partial charge in [0.25, 0.3) is 0 Å². The molecule has 1 saturated carbocycles. The summed E-state index contributed by atoms with van der Waals surface area (Å²) < 4.78 is 0. The van der Waals surface area contributed by atoms with E-state index < -0.39 is 5.54 Å². The third-order valence-corrected chi connectivity index (χ3v) is 4.09. The molecule has 0 atom stereocenters. The van der Waals surface area contributed by atoms with Crippen LogP contribution in [0, 0.1) is 11.3 Å². The summed E-state index contributed by atoms with van der Waals surface area (Å²) in [6.07, 6.45) is 6.34. The van der Waals surface area contributed by atoms with Gasteiger partial charge in [0, 0.05) is 7.05 Å². The molecule has 0 amide bonds. The molecule has 1 aromatic rings. The number of anilines is 2. The van der Waals surface area contributed by atoms with Gasteiger partial charge in [-0.15, -0.1) is 0 Å². The van der Waals surface area contributed by atoms with Gasteiger partial charge in [0.05, 0.1) is 23.4 Å². The normalized spacial score (nSPS) is 17.1. The van der Waals surface area contributed by atoms with Gasteiger partial charge in [0.1, 0.15) is 5.54 Å². The van der Waals surface area contributed by atoms with Crippen molar-refractivity contribution >= 4 is 40.8 Å². The highest BCUT2D eigenvalue weighted by molar-refractivity contribution is 7.79. The first kappa shape index (κ1) is 14.9. The van der Waals surface area contributed by atoms with E-state index in [-0.39, 0.29) is 5.28 Å². The maximum Gasteiger partial charge on any atom is 0.224 e. The molecule has 1 aliphatic rings. The molecule has 0 spiro atoms. The standard InChI is InChI=1S/C13H16ClN5S/c1-16-10-7-17-12(14)18-11(10)19(9-20)13(8-15)5-3-2-4-6-13/h7,9,16H,2-6H2,1H3. The summed E-state index contributed by atoms with van der Waals surface area (Å²) in [7, 11) is 1.78. The van der Waals surface area contributed by atoms with Crippen LogP contribution in [-0.4, -0.2) is 28.0 Å². The minimum Gasteiger partial charge on any atom is -0.384 e. The van der Waals surface area contributed by atoms with Crippen LogP contribution in [0.25, 0.3) is 0 Å². The lowest BCUT2D eigenvalue weighted by molar-refractivity contribution is 0.368. The molecule has 106 valence electrons. The molecule has 0 unspecified atom stereocenters. The van der Waals surface area contributed by atoms with Gasteiger partial charge in [0.2, 0.25) is 5.28 Å². The summed E-state index contributed by atoms with van der Waals surface area (Å²) in [6, 6.07) is 2.43. The highest BCUT2D eigenvalue weighted by atomic mass is 35.5. The van der Waals surface area contributed by atoms with Gasteiger partial charge in [0.15, 0.2) is 5.82 Å². The quantitative estimate of drug-likeness (QED) is 0.681. The Balaban J connectivity index is 2.48. The third kappa shape index (κ3) is 2.69. The van der Waals surface area contributed by atoms with Gasteiger partial charge in [-0.3, -0.25) is 0 Å². The van der Waals surface area contributed by atoms with Crippen molar-refractivity contribution < 1.29 is 0 Å². The average Bonchev–Trinajstić information content (AvgIpc) is 2.49. The minimum absolute atomic E-state index is 0.143. The summed E-state index contributed by atoms with van der Waals surface area (Å²) in [4.78, 5) is 9.97. The van der Waals surface area contributed by atoms with Crippen molar-refractivity contribution in [3.63, 3.8) is 0 Å². The van der Waals surface area contributed by atoms with Crippen LogP contribution in [0.2, 0.25) is 5.28 Å². The van der Waals surface area contributed by atoms with Gasteiger partial charge in [-0.2, -0.15) is 10.2 Å². The predicted molar refractivity (Wildman–Crippen MR) is 84.2 cm³/mol. The van der Waals surface area contributed by atoms with Crippen LogP contribution in [0.1, 0.15) is 32.1 Å². The molecule has 0 aliphatic heterocycles. The first-order valence-corrected chi connectivity index (χ1v) is 7.38. The average molecular weight is 310 g/mol. The number of nitrogens with one attached hydrogen (secondary N) is 1. The fourth-order valence-electron chi connectivity index (χ4n) is 2.61. The second-order valence-electron chi connectivity index (χ2n) is 4.81. The van der Waals surface area contributed by atoms with Gasteiger partial charge < -0.3 is 10.2 Å². The van der Waals surface area contributed by atoms with E-state index in [9.17, 15) is 5.26 Å². The lowest BCUT2D eigenvalue weighted by Crippen LogP contribution is -2.49. The fourth-order valence-corrected chi connectivity index (χ4v) is 3.04. The topological polar surface area (TPSA) is 64.8 Å². The number of aromatic nitrogens is 2. The molecular formula is C13H16ClN5S. The SMILES string of the molecule is CNc1cnc(Cl)nc1N(C=S)C1(C#N)CCCCC1. The smallest absolute Gasteiger partial charge is 0.224 e. The van der Waals surface area contributed by atoms with Crippen molar-refractivity contribution in [3.05, 3.63) is 11.5 Å². The van der Waals surface area contributed by atoms with Gasteiger partial charge in [-0.25, -0.2) is 4.98 Å². The van der Waals surface area contributed by atoms with Crippen LogP contribution < -0.4 is 10.2 Å². The molecule has 0 aromatic carbocycles. The van der Waals surface area contributed by atoms with Gasteiger partial charge >= 0.3 is 0 Å². The summed E-state index contributed by atoms with van der Waals surface area (Å²) in [5, 5.41) is 12.8. The number of rotatable bonds is 4. The maximum atomic E-state index is 9.68. The van der Waals surface area contributed by atoms with Crippen LogP contribution in [0.15, 0.2) is 6.20 Å². The number of hydrogen-bond acceptors (Lipinski definition) is 5. The molecule has 0 radical (unpaired) electrons.